The second-order valence-corrected chi connectivity index (χ2v) is 5.47. The van der Waals surface area contributed by atoms with Crippen molar-refractivity contribution in [3.63, 3.8) is 0 Å². The first-order chi connectivity index (χ1) is 9.59. The number of benzene rings is 2. The van der Waals surface area contributed by atoms with Crippen molar-refractivity contribution in [3.8, 4) is 0 Å². The van der Waals surface area contributed by atoms with Crippen LogP contribution in [0.25, 0.3) is 0 Å². The minimum Gasteiger partial charge on any atom is -0.252 e. The van der Waals surface area contributed by atoms with E-state index in [4.69, 9.17) is 4.99 Å². The van der Waals surface area contributed by atoms with E-state index in [-0.39, 0.29) is 5.41 Å². The summed E-state index contributed by atoms with van der Waals surface area (Å²) in [7, 11) is 0. The summed E-state index contributed by atoms with van der Waals surface area (Å²) in [6, 6.07) is 17.0. The van der Waals surface area contributed by atoms with Crippen LogP contribution in [-0.2, 0) is 5.41 Å². The predicted molar refractivity (Wildman–Crippen MR) is 88.2 cm³/mol. The van der Waals surface area contributed by atoms with Crippen LogP contribution in [0.3, 0.4) is 0 Å². The maximum atomic E-state index is 4.83. The van der Waals surface area contributed by atoms with E-state index in [1.54, 1.807) is 0 Å². The Bertz CT molecular complexity index is 621. The summed E-state index contributed by atoms with van der Waals surface area (Å²) in [5, 5.41) is 0. The Morgan fingerprint density at radius 1 is 0.900 bits per heavy atom. The van der Waals surface area contributed by atoms with Crippen LogP contribution in [0.2, 0.25) is 0 Å². The topological polar surface area (TPSA) is 12.4 Å². The smallest absolute Gasteiger partial charge is 0.0675 e. The third-order valence-corrected chi connectivity index (χ3v) is 3.70. The quantitative estimate of drug-likeness (QED) is 0.651. The third-order valence-electron chi connectivity index (χ3n) is 3.70. The summed E-state index contributed by atoms with van der Waals surface area (Å²) in [5.74, 6) is 0. The molecule has 104 valence electrons. The molecule has 0 spiro atoms. The monoisotopic (exact) mass is 265 g/mol. The number of hydrogen-bond donors (Lipinski definition) is 0. The maximum Gasteiger partial charge on any atom is 0.0675 e. The van der Waals surface area contributed by atoms with Crippen LogP contribution in [0.5, 0.6) is 0 Å². The van der Waals surface area contributed by atoms with E-state index < -0.39 is 0 Å². The molecule has 0 N–H and O–H groups in total. The molecule has 0 unspecified atom stereocenters. The average Bonchev–Trinajstić information content (AvgIpc) is 2.74. The lowest BCUT2D eigenvalue weighted by molar-refractivity contribution is 0.736. The first-order valence-corrected chi connectivity index (χ1v) is 7.35. The lowest BCUT2D eigenvalue weighted by Crippen LogP contribution is -2.26. The molecule has 2 aromatic carbocycles. The second kappa shape index (κ2) is 5.62. The second-order valence-electron chi connectivity index (χ2n) is 5.47. The fourth-order valence-electron chi connectivity index (χ4n) is 2.66. The Morgan fingerprint density at radius 2 is 1.55 bits per heavy atom. The molecule has 0 bridgehead atoms. The van der Waals surface area contributed by atoms with Gasteiger partial charge in [0.15, 0.2) is 0 Å². The van der Waals surface area contributed by atoms with E-state index in [0.717, 1.165) is 5.69 Å². The Hall–Kier alpha value is -1.89. The zero-order chi connectivity index (χ0) is 14.8. The third kappa shape index (κ3) is 2.40. The molecule has 20 heavy (non-hydrogen) atoms. The number of hydrogen-bond acceptors (Lipinski definition) is 1. The van der Waals surface area contributed by atoms with Gasteiger partial charge in [0.2, 0.25) is 0 Å². The van der Waals surface area contributed by atoms with Gasteiger partial charge in [-0.25, -0.2) is 0 Å². The van der Waals surface area contributed by atoms with Gasteiger partial charge < -0.3 is 0 Å². The summed E-state index contributed by atoms with van der Waals surface area (Å²) in [6.45, 7) is 10.6. The molecule has 0 amide bonds. The minimum absolute atomic E-state index is 0.0112. The molecular weight excluding hydrogens is 242 g/mol. The van der Waals surface area contributed by atoms with Gasteiger partial charge in [0.25, 0.3) is 0 Å². The first kappa shape index (κ1) is 14.5. The van der Waals surface area contributed by atoms with Gasteiger partial charge in [-0.05, 0) is 24.1 Å². The van der Waals surface area contributed by atoms with Gasteiger partial charge in [0.05, 0.1) is 11.4 Å². The lowest BCUT2D eigenvalue weighted by atomic mass is 9.78. The van der Waals surface area contributed by atoms with Crippen LogP contribution < -0.4 is 0 Å². The van der Waals surface area contributed by atoms with Gasteiger partial charge in [0, 0.05) is 5.41 Å². The van der Waals surface area contributed by atoms with Gasteiger partial charge >= 0.3 is 0 Å². The molecular formula is C19H23N. The fraction of sp³-hybridized carbons (Fsp3) is 0.316. The highest BCUT2D eigenvalue weighted by Gasteiger charge is 2.35. The molecule has 1 aliphatic heterocycles. The van der Waals surface area contributed by atoms with Crippen molar-refractivity contribution in [3.05, 3.63) is 65.2 Å². The van der Waals surface area contributed by atoms with E-state index >= 15 is 0 Å². The van der Waals surface area contributed by atoms with Crippen LogP contribution >= 0.6 is 0 Å². The van der Waals surface area contributed by atoms with Crippen LogP contribution in [0.15, 0.2) is 53.5 Å². The van der Waals surface area contributed by atoms with Crippen LogP contribution in [-0.4, -0.2) is 5.71 Å². The Morgan fingerprint density at radius 3 is 2.20 bits per heavy atom. The van der Waals surface area contributed by atoms with Gasteiger partial charge in [-0.2, -0.15) is 0 Å². The molecule has 0 fully saturated rings. The van der Waals surface area contributed by atoms with E-state index in [0.29, 0.717) is 0 Å². The van der Waals surface area contributed by atoms with Crippen LogP contribution in [0.4, 0.5) is 5.69 Å². The molecule has 0 aromatic heterocycles. The Balaban J connectivity index is 0.000000704. The number of fused-ring (bicyclic) bond motifs is 1. The number of rotatable bonds is 1. The van der Waals surface area contributed by atoms with Gasteiger partial charge in [-0.3, -0.25) is 4.99 Å². The van der Waals surface area contributed by atoms with E-state index in [2.05, 4.69) is 63.2 Å². The summed E-state index contributed by atoms with van der Waals surface area (Å²) in [5.41, 5.74) is 6.13. The van der Waals surface area contributed by atoms with E-state index in [1.165, 1.54) is 22.4 Å². The molecule has 0 saturated heterocycles. The van der Waals surface area contributed by atoms with Crippen molar-refractivity contribution >= 4 is 11.4 Å². The van der Waals surface area contributed by atoms with Crippen molar-refractivity contribution in [2.45, 2.75) is 40.0 Å². The first-order valence-electron chi connectivity index (χ1n) is 7.35. The molecule has 0 radical (unpaired) electrons. The van der Waals surface area contributed by atoms with Crippen molar-refractivity contribution in [1.82, 2.24) is 0 Å². The standard InChI is InChI=1S/C17H17N.C2H6/c1-12-9-10-15-14(11-12)17(2,3)16(18-15)13-7-5-4-6-8-13;1-2/h4-11H,1-3H3;1-2H3. The van der Waals surface area contributed by atoms with Crippen LogP contribution in [0.1, 0.15) is 44.4 Å². The SMILES string of the molecule is CC.Cc1ccc2c(c1)C(C)(C)C(c1ccccc1)=N2. The van der Waals surface area contributed by atoms with Gasteiger partial charge in [-0.15, -0.1) is 0 Å². The number of aliphatic imine (C=N–C) groups is 1. The van der Waals surface area contributed by atoms with Crippen LogP contribution in [0, 0.1) is 6.92 Å². The average molecular weight is 265 g/mol. The molecule has 0 aliphatic carbocycles. The summed E-state index contributed by atoms with van der Waals surface area (Å²) < 4.78 is 0. The molecule has 1 heterocycles. The predicted octanol–water partition coefficient (Wildman–Crippen LogP) is 5.43. The molecule has 1 aliphatic rings. The highest BCUT2D eigenvalue weighted by molar-refractivity contribution is 6.12. The summed E-state index contributed by atoms with van der Waals surface area (Å²) in [4.78, 5) is 4.83. The van der Waals surface area contributed by atoms with Crippen molar-refractivity contribution in [2.75, 3.05) is 0 Å². The normalized spacial score (nSPS) is 14.9. The Kier molecular flexibility index (Phi) is 4.08. The van der Waals surface area contributed by atoms with Crippen molar-refractivity contribution < 1.29 is 0 Å². The molecule has 3 rings (SSSR count). The van der Waals surface area contributed by atoms with Gasteiger partial charge in [0.1, 0.15) is 0 Å². The Labute approximate surface area is 122 Å². The zero-order valence-electron chi connectivity index (χ0n) is 13.1. The largest absolute Gasteiger partial charge is 0.252 e. The molecule has 0 saturated carbocycles. The van der Waals surface area contributed by atoms with E-state index in [9.17, 15) is 0 Å². The summed E-state index contributed by atoms with van der Waals surface area (Å²) >= 11 is 0. The lowest BCUT2D eigenvalue weighted by Gasteiger charge is -2.22. The molecule has 0 atom stereocenters. The van der Waals surface area contributed by atoms with Gasteiger partial charge in [-0.1, -0.05) is 75.7 Å². The molecule has 1 nitrogen and oxygen atoms in total. The molecule has 1 heteroatoms. The number of nitrogens with zero attached hydrogens (tertiary/aromatic N) is 1. The number of aryl methyl sites for hydroxylation is 1. The van der Waals surface area contributed by atoms with Crippen molar-refractivity contribution in [1.29, 1.82) is 0 Å². The summed E-state index contributed by atoms with van der Waals surface area (Å²) in [6.07, 6.45) is 0. The van der Waals surface area contributed by atoms with Crippen molar-refractivity contribution in [2.24, 2.45) is 4.99 Å². The molecule has 2 aromatic rings. The highest BCUT2D eigenvalue weighted by atomic mass is 14.8. The maximum absolute atomic E-state index is 4.83. The minimum atomic E-state index is -0.0112. The fourth-order valence-corrected chi connectivity index (χ4v) is 2.66. The zero-order valence-corrected chi connectivity index (χ0v) is 13.1. The highest BCUT2D eigenvalue weighted by Crippen LogP contribution is 2.42. The van der Waals surface area contributed by atoms with E-state index in [1.807, 2.05) is 19.9 Å².